The molecule has 0 aliphatic heterocycles. The van der Waals surface area contributed by atoms with Crippen LogP contribution in [0, 0.1) is 0 Å². The molecule has 13 heavy (non-hydrogen) atoms. The molecular weight excluding hydrogens is 298 g/mol. The fourth-order valence-corrected chi connectivity index (χ4v) is 1.58. The molecule has 0 radical (unpaired) electrons. The van der Waals surface area contributed by atoms with E-state index in [-0.39, 0.29) is 22.7 Å². The predicted molar refractivity (Wildman–Crippen MR) is 61.4 cm³/mol. The summed E-state index contributed by atoms with van der Waals surface area (Å²) in [5, 5.41) is 10.3. The van der Waals surface area contributed by atoms with Gasteiger partial charge in [-0.1, -0.05) is 22.0 Å². The van der Waals surface area contributed by atoms with Crippen LogP contribution in [-0.4, -0.2) is 10.1 Å². The molecule has 2 nitrogen and oxygen atoms in total. The van der Waals surface area contributed by atoms with Crippen LogP contribution < -0.4 is 0 Å². The molecule has 1 heterocycles. The molecule has 0 aliphatic rings. The fraction of sp³-hybridized carbons (Fsp3) is 0. The number of phenols is 1. The van der Waals surface area contributed by atoms with Crippen molar-refractivity contribution in [2.45, 2.75) is 0 Å². The second-order valence-electron chi connectivity index (χ2n) is 2.47. The van der Waals surface area contributed by atoms with Crippen molar-refractivity contribution >= 4 is 43.8 Å². The minimum atomic E-state index is 0. The van der Waals surface area contributed by atoms with Gasteiger partial charge >= 0.3 is 0 Å². The summed E-state index contributed by atoms with van der Waals surface area (Å²) in [4.78, 5) is 4.06. The van der Waals surface area contributed by atoms with Crippen LogP contribution in [0.4, 0.5) is 0 Å². The molecule has 0 atom stereocenters. The predicted octanol–water partition coefficient (Wildman–Crippen LogP) is 3.28. The number of aromatic nitrogens is 1. The number of rotatable bonds is 0. The van der Waals surface area contributed by atoms with Gasteiger partial charge in [0, 0.05) is 16.1 Å². The lowest BCUT2D eigenvalue weighted by atomic mass is 10.2. The highest BCUT2D eigenvalue weighted by molar-refractivity contribution is 9.10. The minimum absolute atomic E-state index is 0. The lowest BCUT2D eigenvalue weighted by Crippen LogP contribution is -1.79. The molecule has 0 saturated heterocycles. The highest BCUT2D eigenvalue weighted by Gasteiger charge is 2.02. The summed E-state index contributed by atoms with van der Waals surface area (Å²) in [6.45, 7) is 0. The van der Waals surface area contributed by atoms with E-state index in [9.17, 15) is 5.11 Å². The number of hydrogen-bond donors (Lipinski definition) is 1. The van der Waals surface area contributed by atoms with E-state index in [0.29, 0.717) is 5.52 Å². The first kappa shape index (κ1) is 10.5. The van der Waals surface area contributed by atoms with E-state index >= 15 is 0 Å². The van der Waals surface area contributed by atoms with Crippen LogP contribution in [0.2, 0.25) is 0 Å². The molecular formula is C9H7Br2NO. The number of aromatic hydroxyl groups is 1. The quantitative estimate of drug-likeness (QED) is 0.810. The molecule has 4 heteroatoms. The maximum Gasteiger partial charge on any atom is 0.141 e. The SMILES string of the molecule is Br.Oc1ccc(Br)c2cccnc12. The van der Waals surface area contributed by atoms with E-state index in [2.05, 4.69) is 20.9 Å². The van der Waals surface area contributed by atoms with Crippen LogP contribution in [0.15, 0.2) is 34.9 Å². The fourth-order valence-electron chi connectivity index (χ4n) is 1.12. The highest BCUT2D eigenvalue weighted by atomic mass is 79.9. The molecule has 2 rings (SSSR count). The smallest absolute Gasteiger partial charge is 0.141 e. The second-order valence-corrected chi connectivity index (χ2v) is 3.32. The van der Waals surface area contributed by atoms with Gasteiger partial charge in [-0.2, -0.15) is 0 Å². The molecule has 0 saturated carbocycles. The summed E-state index contributed by atoms with van der Waals surface area (Å²) in [5.74, 6) is 0.216. The zero-order chi connectivity index (χ0) is 8.55. The minimum Gasteiger partial charge on any atom is -0.506 e. The van der Waals surface area contributed by atoms with Gasteiger partial charge in [-0.05, 0) is 18.2 Å². The molecule has 1 aromatic heterocycles. The maximum absolute atomic E-state index is 9.41. The molecule has 1 aromatic carbocycles. The van der Waals surface area contributed by atoms with Crippen molar-refractivity contribution in [2.24, 2.45) is 0 Å². The van der Waals surface area contributed by atoms with Crippen molar-refractivity contribution in [1.29, 1.82) is 0 Å². The van der Waals surface area contributed by atoms with Crippen LogP contribution in [0.5, 0.6) is 5.75 Å². The Labute approximate surface area is 94.5 Å². The van der Waals surface area contributed by atoms with Gasteiger partial charge in [0.15, 0.2) is 0 Å². The van der Waals surface area contributed by atoms with E-state index in [1.165, 1.54) is 0 Å². The summed E-state index contributed by atoms with van der Waals surface area (Å²) in [5.41, 5.74) is 0.631. The number of halogens is 2. The zero-order valence-electron chi connectivity index (χ0n) is 6.57. The van der Waals surface area contributed by atoms with Crippen LogP contribution in [0.3, 0.4) is 0 Å². The van der Waals surface area contributed by atoms with E-state index < -0.39 is 0 Å². The molecule has 68 valence electrons. The molecule has 0 fully saturated rings. The third-order valence-corrected chi connectivity index (χ3v) is 2.39. The van der Waals surface area contributed by atoms with Crippen molar-refractivity contribution in [3.05, 3.63) is 34.9 Å². The second kappa shape index (κ2) is 4.07. The monoisotopic (exact) mass is 303 g/mol. The van der Waals surface area contributed by atoms with Crippen molar-refractivity contribution in [3.8, 4) is 5.75 Å². The Hall–Kier alpha value is -0.610. The first-order chi connectivity index (χ1) is 5.79. The first-order valence-corrected chi connectivity index (χ1v) is 4.30. The standard InChI is InChI=1S/C9H6BrNO.BrH/c10-7-3-4-8(12)9-6(7)2-1-5-11-9;/h1-5,12H;1H. The van der Waals surface area contributed by atoms with Gasteiger partial charge in [0.1, 0.15) is 11.3 Å². The Morgan fingerprint density at radius 3 is 2.69 bits per heavy atom. The first-order valence-electron chi connectivity index (χ1n) is 3.51. The Bertz CT molecular complexity index is 390. The Morgan fingerprint density at radius 1 is 1.23 bits per heavy atom. The topological polar surface area (TPSA) is 33.1 Å². The Morgan fingerprint density at radius 2 is 2.00 bits per heavy atom. The van der Waals surface area contributed by atoms with Crippen LogP contribution in [0.1, 0.15) is 0 Å². The molecule has 2 aromatic rings. The number of pyridine rings is 1. The van der Waals surface area contributed by atoms with Gasteiger partial charge in [-0.3, -0.25) is 4.98 Å². The van der Waals surface area contributed by atoms with E-state index in [4.69, 9.17) is 0 Å². The average Bonchev–Trinajstić information content (AvgIpc) is 2.12. The van der Waals surface area contributed by atoms with Crippen molar-refractivity contribution < 1.29 is 5.11 Å². The van der Waals surface area contributed by atoms with Gasteiger partial charge < -0.3 is 5.11 Å². The molecule has 0 aliphatic carbocycles. The van der Waals surface area contributed by atoms with Gasteiger partial charge in [0.05, 0.1) is 0 Å². The Kier molecular flexibility index (Phi) is 3.27. The third-order valence-electron chi connectivity index (χ3n) is 1.70. The van der Waals surface area contributed by atoms with Crippen LogP contribution >= 0.6 is 32.9 Å². The highest BCUT2D eigenvalue weighted by Crippen LogP contribution is 2.28. The van der Waals surface area contributed by atoms with Crippen molar-refractivity contribution in [2.75, 3.05) is 0 Å². The summed E-state index contributed by atoms with van der Waals surface area (Å²) in [7, 11) is 0. The molecule has 0 bridgehead atoms. The van der Waals surface area contributed by atoms with Crippen LogP contribution in [0.25, 0.3) is 10.9 Å². The molecule has 0 unspecified atom stereocenters. The van der Waals surface area contributed by atoms with E-state index in [1.54, 1.807) is 18.3 Å². The van der Waals surface area contributed by atoms with Crippen molar-refractivity contribution in [1.82, 2.24) is 4.98 Å². The largest absolute Gasteiger partial charge is 0.506 e. The van der Waals surface area contributed by atoms with Gasteiger partial charge in [-0.15, -0.1) is 17.0 Å². The summed E-state index contributed by atoms with van der Waals surface area (Å²) in [6.07, 6.45) is 1.66. The van der Waals surface area contributed by atoms with Gasteiger partial charge in [0.2, 0.25) is 0 Å². The Balaban J connectivity index is 0.000000845. The number of fused-ring (bicyclic) bond motifs is 1. The normalized spacial score (nSPS) is 9.62. The number of phenolic OH excluding ortho intramolecular Hbond substituents is 1. The van der Waals surface area contributed by atoms with E-state index in [1.807, 2.05) is 12.1 Å². The van der Waals surface area contributed by atoms with Gasteiger partial charge in [-0.25, -0.2) is 0 Å². The number of nitrogens with zero attached hydrogens (tertiary/aromatic N) is 1. The molecule has 0 spiro atoms. The van der Waals surface area contributed by atoms with Crippen LogP contribution in [-0.2, 0) is 0 Å². The maximum atomic E-state index is 9.41. The zero-order valence-corrected chi connectivity index (χ0v) is 9.87. The lowest BCUT2D eigenvalue weighted by molar-refractivity contribution is 0.480. The van der Waals surface area contributed by atoms with Gasteiger partial charge in [0.25, 0.3) is 0 Å². The average molecular weight is 305 g/mol. The summed E-state index contributed by atoms with van der Waals surface area (Å²) < 4.78 is 0.948. The van der Waals surface area contributed by atoms with E-state index in [0.717, 1.165) is 9.86 Å². The summed E-state index contributed by atoms with van der Waals surface area (Å²) in [6, 6.07) is 7.18. The third kappa shape index (κ3) is 1.84. The lowest BCUT2D eigenvalue weighted by Gasteiger charge is -2.00. The number of hydrogen-bond acceptors (Lipinski definition) is 2. The molecule has 1 N–H and O–H groups in total. The van der Waals surface area contributed by atoms with Crippen molar-refractivity contribution in [3.63, 3.8) is 0 Å². The summed E-state index contributed by atoms with van der Waals surface area (Å²) >= 11 is 3.38. The number of benzene rings is 1. The molecule has 0 amide bonds.